The Morgan fingerprint density at radius 2 is 1.81 bits per heavy atom. The topological polar surface area (TPSA) is 141 Å². The minimum atomic E-state index is -0.721. The van der Waals surface area contributed by atoms with E-state index in [4.69, 9.17) is 14.2 Å². The molecule has 1 amide bonds. The number of non-ortho nitro benzene ring substituents is 1. The van der Waals surface area contributed by atoms with Crippen molar-refractivity contribution in [3.63, 3.8) is 0 Å². The van der Waals surface area contributed by atoms with Crippen LogP contribution in [0.5, 0.6) is 17.2 Å². The zero-order chi connectivity index (χ0) is 27.1. The third-order valence-corrected chi connectivity index (χ3v) is 6.32. The van der Waals surface area contributed by atoms with Crippen LogP contribution in [0.1, 0.15) is 15.9 Å². The van der Waals surface area contributed by atoms with Gasteiger partial charge in [-0.25, -0.2) is 4.79 Å². The fourth-order valence-electron chi connectivity index (χ4n) is 3.02. The highest BCUT2D eigenvalue weighted by molar-refractivity contribution is 14.1. The number of benzene rings is 3. The van der Waals surface area contributed by atoms with Crippen molar-refractivity contribution < 1.29 is 28.7 Å². The maximum Gasteiger partial charge on any atom is 0.343 e. The second-order valence-corrected chi connectivity index (χ2v) is 9.21. The third kappa shape index (κ3) is 6.83. The van der Waals surface area contributed by atoms with E-state index in [2.05, 4.69) is 21.2 Å². The summed E-state index contributed by atoms with van der Waals surface area (Å²) in [6.45, 7) is 0. The van der Waals surface area contributed by atoms with E-state index in [1.54, 1.807) is 30.3 Å². The van der Waals surface area contributed by atoms with Crippen molar-refractivity contribution in [3.8, 4) is 23.3 Å². The molecule has 0 saturated heterocycles. The lowest BCUT2D eigenvalue weighted by atomic mass is 10.1. The molecule has 0 heterocycles. The molecule has 3 aromatic carbocycles. The van der Waals surface area contributed by atoms with Gasteiger partial charge in [-0.3, -0.25) is 14.9 Å². The molecule has 0 atom stereocenters. The lowest BCUT2D eigenvalue weighted by molar-refractivity contribution is -0.384. The van der Waals surface area contributed by atoms with Gasteiger partial charge in [0.1, 0.15) is 17.4 Å². The standard InChI is InChI=1S/C25H17BrIN3O7/c1-35-18-6-3-15(4-7-18)25(32)37-23-20(27)10-14(11-22(23)36-2)9-16(13-28)24(31)29-21-8-5-17(30(33)34)12-19(21)26/h3-12H,1-2H3,(H,29,31). The summed E-state index contributed by atoms with van der Waals surface area (Å²) in [7, 11) is 2.92. The van der Waals surface area contributed by atoms with Gasteiger partial charge in [0.05, 0.1) is 34.0 Å². The fraction of sp³-hybridized carbons (Fsp3) is 0.0800. The summed E-state index contributed by atoms with van der Waals surface area (Å²) in [5, 5.41) is 23.0. The van der Waals surface area contributed by atoms with Gasteiger partial charge in [-0.05, 0) is 92.6 Å². The van der Waals surface area contributed by atoms with Crippen LogP contribution in [0.4, 0.5) is 11.4 Å². The number of amides is 1. The van der Waals surface area contributed by atoms with Crippen LogP contribution in [-0.4, -0.2) is 31.0 Å². The molecule has 3 rings (SSSR count). The van der Waals surface area contributed by atoms with Crippen LogP contribution in [0.2, 0.25) is 0 Å². The van der Waals surface area contributed by atoms with E-state index in [9.17, 15) is 25.0 Å². The predicted octanol–water partition coefficient (Wildman–Crippen LogP) is 5.74. The van der Waals surface area contributed by atoms with Gasteiger partial charge >= 0.3 is 5.97 Å². The summed E-state index contributed by atoms with van der Waals surface area (Å²) in [5.74, 6) is -0.332. The summed E-state index contributed by atoms with van der Waals surface area (Å²) in [4.78, 5) is 35.7. The smallest absolute Gasteiger partial charge is 0.343 e. The molecule has 37 heavy (non-hydrogen) atoms. The largest absolute Gasteiger partial charge is 0.497 e. The van der Waals surface area contributed by atoms with Gasteiger partial charge in [0.25, 0.3) is 11.6 Å². The molecule has 0 bridgehead atoms. The highest BCUT2D eigenvalue weighted by atomic mass is 127. The Hall–Kier alpha value is -3.96. The second kappa shape index (κ2) is 12.3. The Morgan fingerprint density at radius 1 is 1.11 bits per heavy atom. The SMILES string of the molecule is COc1ccc(C(=O)Oc2c(I)cc(C=C(C#N)C(=O)Nc3ccc([N+](=O)[O-])cc3Br)cc2OC)cc1. The molecule has 0 aliphatic carbocycles. The van der Waals surface area contributed by atoms with E-state index < -0.39 is 16.8 Å². The van der Waals surface area contributed by atoms with Gasteiger partial charge in [-0.2, -0.15) is 5.26 Å². The normalized spacial score (nSPS) is 10.7. The fourth-order valence-corrected chi connectivity index (χ4v) is 4.23. The Labute approximate surface area is 233 Å². The number of hydrogen-bond acceptors (Lipinski definition) is 8. The van der Waals surface area contributed by atoms with Crippen LogP contribution in [0, 0.1) is 25.0 Å². The Kier molecular flexibility index (Phi) is 9.20. The van der Waals surface area contributed by atoms with Gasteiger partial charge in [-0.15, -0.1) is 0 Å². The highest BCUT2D eigenvalue weighted by Gasteiger charge is 2.19. The van der Waals surface area contributed by atoms with Crippen molar-refractivity contribution in [3.05, 3.63) is 89.5 Å². The first-order valence-corrected chi connectivity index (χ1v) is 12.1. The number of methoxy groups -OCH3 is 2. The number of nitro groups is 1. The number of rotatable bonds is 8. The third-order valence-electron chi connectivity index (χ3n) is 4.86. The van der Waals surface area contributed by atoms with E-state index in [1.807, 2.05) is 28.7 Å². The number of carbonyl (C=O) groups is 2. The van der Waals surface area contributed by atoms with E-state index in [0.29, 0.717) is 20.4 Å². The number of hydrogen-bond donors (Lipinski definition) is 1. The molecule has 0 spiro atoms. The first-order valence-electron chi connectivity index (χ1n) is 10.3. The van der Waals surface area contributed by atoms with Gasteiger partial charge in [0.2, 0.25) is 0 Å². The molecular formula is C25H17BrIN3O7. The quantitative estimate of drug-likeness (QED) is 0.0605. The zero-order valence-electron chi connectivity index (χ0n) is 19.3. The van der Waals surface area contributed by atoms with Crippen LogP contribution in [0.15, 0.2) is 64.6 Å². The molecular weight excluding hydrogens is 661 g/mol. The molecule has 0 aliphatic heterocycles. The number of carbonyl (C=O) groups excluding carboxylic acids is 2. The maximum absolute atomic E-state index is 12.7. The average Bonchev–Trinajstić information content (AvgIpc) is 2.89. The van der Waals surface area contributed by atoms with Crippen LogP contribution >= 0.6 is 38.5 Å². The van der Waals surface area contributed by atoms with Gasteiger partial charge in [0.15, 0.2) is 11.5 Å². The van der Waals surface area contributed by atoms with E-state index in [0.717, 1.165) is 0 Å². The number of anilines is 1. The molecule has 0 fully saturated rings. The summed E-state index contributed by atoms with van der Waals surface area (Å²) < 4.78 is 16.8. The van der Waals surface area contributed by atoms with E-state index >= 15 is 0 Å². The minimum Gasteiger partial charge on any atom is -0.497 e. The van der Waals surface area contributed by atoms with Crippen molar-refractivity contribution in [1.29, 1.82) is 5.26 Å². The summed E-state index contributed by atoms with van der Waals surface area (Å²) in [6.07, 6.45) is 1.34. The van der Waals surface area contributed by atoms with Gasteiger partial charge < -0.3 is 19.5 Å². The summed E-state index contributed by atoms with van der Waals surface area (Å²) >= 11 is 5.13. The number of halogens is 2. The van der Waals surface area contributed by atoms with Crippen molar-refractivity contribution in [1.82, 2.24) is 0 Å². The Bertz CT molecular complexity index is 1450. The van der Waals surface area contributed by atoms with Crippen LogP contribution in [0.25, 0.3) is 6.08 Å². The molecule has 0 saturated carbocycles. The molecule has 1 N–H and O–H groups in total. The number of nitriles is 1. The molecule has 188 valence electrons. The van der Waals surface area contributed by atoms with E-state index in [1.165, 1.54) is 44.6 Å². The number of nitrogens with one attached hydrogen (secondary N) is 1. The highest BCUT2D eigenvalue weighted by Crippen LogP contribution is 2.35. The molecule has 10 nitrogen and oxygen atoms in total. The zero-order valence-corrected chi connectivity index (χ0v) is 23.0. The summed E-state index contributed by atoms with van der Waals surface area (Å²) in [5.41, 5.74) is 0.620. The molecule has 3 aromatic rings. The number of ether oxygens (including phenoxy) is 3. The number of esters is 1. The summed E-state index contributed by atoms with van der Waals surface area (Å²) in [6, 6.07) is 15.2. The molecule has 0 unspecified atom stereocenters. The first-order chi connectivity index (χ1) is 17.7. The van der Waals surface area contributed by atoms with Gasteiger partial charge in [0, 0.05) is 16.6 Å². The molecule has 0 aliphatic rings. The van der Waals surface area contributed by atoms with Crippen LogP contribution < -0.4 is 19.5 Å². The second-order valence-electron chi connectivity index (χ2n) is 7.20. The monoisotopic (exact) mass is 677 g/mol. The minimum absolute atomic E-state index is 0.157. The average molecular weight is 678 g/mol. The Balaban J connectivity index is 1.84. The van der Waals surface area contributed by atoms with Crippen molar-refractivity contribution >= 4 is 67.8 Å². The van der Waals surface area contributed by atoms with Crippen molar-refractivity contribution in [2.45, 2.75) is 0 Å². The maximum atomic E-state index is 12.7. The Morgan fingerprint density at radius 3 is 2.38 bits per heavy atom. The van der Waals surface area contributed by atoms with Gasteiger partial charge in [-0.1, -0.05) is 0 Å². The molecule has 12 heteroatoms. The van der Waals surface area contributed by atoms with E-state index in [-0.39, 0.29) is 32.9 Å². The predicted molar refractivity (Wildman–Crippen MR) is 147 cm³/mol. The first kappa shape index (κ1) is 27.6. The lowest BCUT2D eigenvalue weighted by Crippen LogP contribution is -2.14. The lowest BCUT2D eigenvalue weighted by Gasteiger charge is -2.13. The van der Waals surface area contributed by atoms with Crippen LogP contribution in [-0.2, 0) is 4.79 Å². The van der Waals surface area contributed by atoms with Crippen molar-refractivity contribution in [2.24, 2.45) is 0 Å². The number of nitro benzene ring substituents is 1. The van der Waals surface area contributed by atoms with Crippen molar-refractivity contribution in [2.75, 3.05) is 19.5 Å². The molecule has 0 aromatic heterocycles. The number of nitrogens with zero attached hydrogens (tertiary/aromatic N) is 2. The molecule has 0 radical (unpaired) electrons. The van der Waals surface area contributed by atoms with Crippen LogP contribution in [0.3, 0.4) is 0 Å².